The molecule has 1 aromatic carbocycles. The fourth-order valence-electron chi connectivity index (χ4n) is 1.89. The van der Waals surface area contributed by atoms with Crippen LogP contribution in [0.25, 0.3) is 0 Å². The molecule has 9 heteroatoms. The summed E-state index contributed by atoms with van der Waals surface area (Å²) < 4.78 is 0. The maximum atomic E-state index is 11.8. The summed E-state index contributed by atoms with van der Waals surface area (Å²) in [5.74, 6) is -0.190. The molecule has 0 fully saturated rings. The van der Waals surface area contributed by atoms with Crippen molar-refractivity contribution in [3.05, 3.63) is 38.9 Å². The quantitative estimate of drug-likeness (QED) is 0.575. The van der Waals surface area contributed by atoms with Gasteiger partial charge in [-0.15, -0.1) is 0 Å². The maximum absolute atomic E-state index is 11.8. The summed E-state index contributed by atoms with van der Waals surface area (Å²) in [6, 6.07) is 3.59. The summed E-state index contributed by atoms with van der Waals surface area (Å²) in [5, 5.41) is 16.0. The van der Waals surface area contributed by atoms with E-state index in [9.17, 15) is 19.7 Å². The normalized spacial score (nSPS) is 10.8. The number of hydrogen-bond acceptors (Lipinski definition) is 5. The first-order valence-corrected chi connectivity index (χ1v) is 7.76. The van der Waals surface area contributed by atoms with Gasteiger partial charge in [-0.3, -0.25) is 25.1 Å². The number of nitro benzene ring substituents is 1. The van der Waals surface area contributed by atoms with E-state index >= 15 is 0 Å². The monoisotopic (exact) mass is 356 g/mol. The third kappa shape index (κ3) is 6.93. The molecule has 3 amide bonds. The summed E-state index contributed by atoms with van der Waals surface area (Å²) in [6.45, 7) is 4.55. The lowest BCUT2D eigenvalue weighted by Crippen LogP contribution is -2.44. The number of nitrogens with one attached hydrogen (secondary N) is 2. The van der Waals surface area contributed by atoms with Crippen LogP contribution in [0.1, 0.15) is 19.4 Å². The number of imide groups is 1. The summed E-state index contributed by atoms with van der Waals surface area (Å²) in [4.78, 5) is 35.2. The minimum absolute atomic E-state index is 0.0475. The average Bonchev–Trinajstić information content (AvgIpc) is 2.46. The SMILES string of the molecule is CC(C)CNC(=O)NC(=O)CN(C)Cc1cc([N+](=O)[O-])ccc1Cl. The van der Waals surface area contributed by atoms with Crippen LogP contribution < -0.4 is 10.6 Å². The molecule has 0 radical (unpaired) electrons. The van der Waals surface area contributed by atoms with Crippen molar-refractivity contribution in [2.24, 2.45) is 5.92 Å². The Kier molecular flexibility index (Phi) is 7.60. The number of non-ortho nitro benzene ring substituents is 1. The Bertz CT molecular complexity index is 621. The van der Waals surface area contributed by atoms with Gasteiger partial charge in [0.05, 0.1) is 11.5 Å². The first kappa shape index (κ1) is 19.9. The lowest BCUT2D eigenvalue weighted by Gasteiger charge is -2.17. The number of halogens is 1. The molecule has 24 heavy (non-hydrogen) atoms. The van der Waals surface area contributed by atoms with Crippen molar-refractivity contribution in [2.45, 2.75) is 20.4 Å². The number of nitro groups is 1. The van der Waals surface area contributed by atoms with Gasteiger partial charge in [0.25, 0.3) is 5.69 Å². The number of carbonyl (C=O) groups is 2. The van der Waals surface area contributed by atoms with Crippen LogP contribution in [0.5, 0.6) is 0 Å². The van der Waals surface area contributed by atoms with E-state index in [1.165, 1.54) is 18.2 Å². The van der Waals surface area contributed by atoms with Crippen molar-refractivity contribution < 1.29 is 14.5 Å². The molecule has 0 heterocycles. The van der Waals surface area contributed by atoms with Crippen LogP contribution in [0.2, 0.25) is 5.02 Å². The molecular formula is C15H21ClN4O4. The van der Waals surface area contributed by atoms with E-state index in [1.54, 1.807) is 11.9 Å². The molecule has 0 unspecified atom stereocenters. The maximum Gasteiger partial charge on any atom is 0.321 e. The highest BCUT2D eigenvalue weighted by Gasteiger charge is 2.14. The molecule has 0 saturated heterocycles. The Morgan fingerprint density at radius 3 is 2.62 bits per heavy atom. The van der Waals surface area contributed by atoms with Gasteiger partial charge in [0.1, 0.15) is 0 Å². The van der Waals surface area contributed by atoms with E-state index in [0.717, 1.165) is 0 Å². The second-order valence-electron chi connectivity index (χ2n) is 5.86. The molecule has 0 spiro atoms. The van der Waals surface area contributed by atoms with Gasteiger partial charge in [0.2, 0.25) is 5.91 Å². The molecule has 0 aliphatic carbocycles. The van der Waals surface area contributed by atoms with Crippen LogP contribution in [0, 0.1) is 16.0 Å². The number of carbonyl (C=O) groups excluding carboxylic acids is 2. The summed E-state index contributed by atoms with van der Waals surface area (Å²) >= 11 is 6.02. The highest BCUT2D eigenvalue weighted by Crippen LogP contribution is 2.22. The van der Waals surface area contributed by atoms with Gasteiger partial charge < -0.3 is 5.32 Å². The first-order valence-electron chi connectivity index (χ1n) is 7.38. The Morgan fingerprint density at radius 2 is 2.04 bits per heavy atom. The van der Waals surface area contributed by atoms with E-state index in [0.29, 0.717) is 17.1 Å². The van der Waals surface area contributed by atoms with Crippen molar-refractivity contribution in [3.63, 3.8) is 0 Å². The summed E-state index contributed by atoms with van der Waals surface area (Å²) in [7, 11) is 1.65. The molecule has 0 saturated carbocycles. The highest BCUT2D eigenvalue weighted by atomic mass is 35.5. The Hall–Kier alpha value is -2.19. The van der Waals surface area contributed by atoms with Crippen molar-refractivity contribution in [1.82, 2.24) is 15.5 Å². The highest BCUT2D eigenvalue weighted by molar-refractivity contribution is 6.31. The molecule has 0 atom stereocenters. The number of urea groups is 1. The number of nitrogens with zero attached hydrogens (tertiary/aromatic N) is 2. The van der Waals surface area contributed by atoms with Gasteiger partial charge in [-0.05, 0) is 24.6 Å². The average molecular weight is 357 g/mol. The standard InChI is InChI=1S/C15H21ClN4O4/c1-10(2)7-17-15(22)18-14(21)9-19(3)8-11-6-12(20(23)24)4-5-13(11)16/h4-6,10H,7-9H2,1-3H3,(H2,17,18,21,22). The minimum atomic E-state index is -0.546. The topological polar surface area (TPSA) is 105 Å². The van der Waals surface area contributed by atoms with Gasteiger partial charge in [0.15, 0.2) is 0 Å². The first-order chi connectivity index (χ1) is 11.2. The van der Waals surface area contributed by atoms with Crippen molar-refractivity contribution in [2.75, 3.05) is 20.1 Å². The van der Waals surface area contributed by atoms with E-state index in [4.69, 9.17) is 11.6 Å². The van der Waals surface area contributed by atoms with Crippen molar-refractivity contribution in [1.29, 1.82) is 0 Å². The van der Waals surface area contributed by atoms with Gasteiger partial charge in [-0.2, -0.15) is 0 Å². The number of amides is 3. The molecular weight excluding hydrogens is 336 g/mol. The molecule has 132 valence electrons. The van der Waals surface area contributed by atoms with Crippen LogP contribution in [0.3, 0.4) is 0 Å². The predicted octanol–water partition coefficient (Wildman–Crippen LogP) is 2.16. The molecule has 8 nitrogen and oxygen atoms in total. The lowest BCUT2D eigenvalue weighted by atomic mass is 10.2. The van der Waals surface area contributed by atoms with Gasteiger partial charge in [-0.25, -0.2) is 4.79 Å². The van der Waals surface area contributed by atoms with Crippen LogP contribution >= 0.6 is 11.6 Å². The second kappa shape index (κ2) is 9.19. The van der Waals surface area contributed by atoms with Gasteiger partial charge in [-0.1, -0.05) is 25.4 Å². The fraction of sp³-hybridized carbons (Fsp3) is 0.467. The number of benzene rings is 1. The van der Waals surface area contributed by atoms with Gasteiger partial charge in [0, 0.05) is 30.2 Å². The van der Waals surface area contributed by atoms with Gasteiger partial charge >= 0.3 is 6.03 Å². The molecule has 2 N–H and O–H groups in total. The number of hydrogen-bond donors (Lipinski definition) is 2. The zero-order chi connectivity index (χ0) is 18.3. The fourth-order valence-corrected chi connectivity index (χ4v) is 2.07. The molecule has 0 aliphatic heterocycles. The molecule has 0 aliphatic rings. The third-order valence-corrected chi connectivity index (χ3v) is 3.39. The predicted molar refractivity (Wildman–Crippen MR) is 90.8 cm³/mol. The molecule has 0 aromatic heterocycles. The van der Waals surface area contributed by atoms with E-state index < -0.39 is 16.9 Å². The summed E-state index contributed by atoms with van der Waals surface area (Å²) in [6.07, 6.45) is 0. The molecule has 0 bridgehead atoms. The number of likely N-dealkylation sites (N-methyl/N-ethyl adjacent to an activating group) is 1. The second-order valence-corrected chi connectivity index (χ2v) is 6.26. The van der Waals surface area contributed by atoms with Crippen LogP contribution in [-0.4, -0.2) is 41.9 Å². The van der Waals surface area contributed by atoms with E-state index in [2.05, 4.69) is 10.6 Å². The minimum Gasteiger partial charge on any atom is -0.338 e. The van der Waals surface area contributed by atoms with E-state index in [1.807, 2.05) is 13.8 Å². The molecule has 1 aromatic rings. The zero-order valence-electron chi connectivity index (χ0n) is 13.8. The Labute approximate surface area is 145 Å². The molecule has 1 rings (SSSR count). The zero-order valence-corrected chi connectivity index (χ0v) is 14.6. The van der Waals surface area contributed by atoms with Crippen LogP contribution in [-0.2, 0) is 11.3 Å². The van der Waals surface area contributed by atoms with Crippen LogP contribution in [0.4, 0.5) is 10.5 Å². The third-order valence-electron chi connectivity index (χ3n) is 3.02. The van der Waals surface area contributed by atoms with Crippen LogP contribution in [0.15, 0.2) is 18.2 Å². The van der Waals surface area contributed by atoms with E-state index in [-0.39, 0.29) is 24.7 Å². The van der Waals surface area contributed by atoms with Crippen molar-refractivity contribution >= 4 is 29.2 Å². The Morgan fingerprint density at radius 1 is 1.38 bits per heavy atom. The van der Waals surface area contributed by atoms with Crippen molar-refractivity contribution in [3.8, 4) is 0 Å². The Balaban J connectivity index is 2.55. The lowest BCUT2D eigenvalue weighted by molar-refractivity contribution is -0.384. The largest absolute Gasteiger partial charge is 0.338 e. The smallest absolute Gasteiger partial charge is 0.321 e. The summed E-state index contributed by atoms with van der Waals surface area (Å²) in [5.41, 5.74) is 0.464. The number of rotatable bonds is 7.